The number of halogens is 3. The summed E-state index contributed by atoms with van der Waals surface area (Å²) in [6.45, 7) is 0. The van der Waals surface area contributed by atoms with E-state index in [1.165, 1.54) is 0 Å². The van der Waals surface area contributed by atoms with E-state index in [0.717, 1.165) is 0 Å². The molecule has 0 aliphatic carbocycles. The van der Waals surface area contributed by atoms with Crippen LogP contribution in [0, 0.1) is 0 Å². The van der Waals surface area contributed by atoms with Crippen LogP contribution < -0.4 is 0 Å². The van der Waals surface area contributed by atoms with Gasteiger partial charge in [0.25, 0.3) is 0 Å². The van der Waals surface area contributed by atoms with Crippen LogP contribution in [0.5, 0.6) is 0 Å². The summed E-state index contributed by atoms with van der Waals surface area (Å²) in [4.78, 5) is 0. The molecule has 0 aliphatic rings. The molecule has 0 bridgehead atoms. The average molecular weight is 202 g/mol. The Labute approximate surface area is 125 Å². The molecule has 0 nitrogen and oxygen atoms in total. The fourth-order valence-corrected chi connectivity index (χ4v) is 0. The van der Waals surface area contributed by atoms with Crippen LogP contribution >= 0.6 is 37.2 Å². The standard InChI is InChI=1S/Ca.3ClH.Mg.Na.5H/h;3*1H;;;;;;;. The van der Waals surface area contributed by atoms with Gasteiger partial charge in [-0.1, -0.05) is 0 Å². The Balaban J connectivity index is 0. The van der Waals surface area contributed by atoms with Crippen molar-refractivity contribution in [2.45, 2.75) is 0 Å². The first-order valence-corrected chi connectivity index (χ1v) is 0. The van der Waals surface area contributed by atoms with Gasteiger partial charge in [0.15, 0.2) is 0 Å². The first-order chi connectivity index (χ1) is 0. The van der Waals surface area contributed by atoms with E-state index in [-0.39, 0.29) is 128 Å². The van der Waals surface area contributed by atoms with Crippen molar-refractivity contribution in [1.29, 1.82) is 0 Å². The van der Waals surface area contributed by atoms with E-state index in [0.29, 0.717) is 0 Å². The maximum atomic E-state index is 0. The van der Waals surface area contributed by atoms with Crippen molar-refractivity contribution in [3.05, 3.63) is 0 Å². The molecule has 0 rings (SSSR count). The molecule has 0 radical (unpaired) electrons. The van der Waals surface area contributed by atoms with Crippen LogP contribution in [0.4, 0.5) is 0 Å². The summed E-state index contributed by atoms with van der Waals surface area (Å²) in [5, 5.41) is 0. The molecule has 0 atom stereocenters. The Morgan fingerprint density at radius 1 is 0.667 bits per heavy atom. The van der Waals surface area contributed by atoms with Crippen molar-refractivity contribution < 1.29 is 0 Å². The van der Waals surface area contributed by atoms with Gasteiger partial charge in [0.1, 0.15) is 0 Å². The van der Waals surface area contributed by atoms with Gasteiger partial charge in [0, 0.05) is 0 Å². The molecule has 0 spiro atoms. The first-order valence-electron chi connectivity index (χ1n) is 0. The van der Waals surface area contributed by atoms with E-state index < -0.39 is 0 Å². The molecular formula is H8CaCl3MgNa. The third kappa shape index (κ3) is 24.7. The molecule has 0 saturated carbocycles. The predicted molar refractivity (Wildman–Crippen MR) is 46.0 cm³/mol. The summed E-state index contributed by atoms with van der Waals surface area (Å²) < 4.78 is 0. The van der Waals surface area contributed by atoms with Gasteiger partial charge < -0.3 is 0 Å². The van der Waals surface area contributed by atoms with Gasteiger partial charge in [0.2, 0.25) is 0 Å². The summed E-state index contributed by atoms with van der Waals surface area (Å²) in [6.07, 6.45) is 0. The molecule has 0 N–H and O–H groups in total. The van der Waals surface area contributed by atoms with Crippen LogP contribution in [0.1, 0.15) is 0 Å². The summed E-state index contributed by atoms with van der Waals surface area (Å²) in [5.41, 5.74) is 0. The van der Waals surface area contributed by atoms with Crippen molar-refractivity contribution in [1.82, 2.24) is 0 Å². The van der Waals surface area contributed by atoms with Crippen molar-refractivity contribution in [2.75, 3.05) is 0 Å². The molecule has 0 aromatic carbocycles. The average Bonchev–Trinajstić information content (AvgIpc) is 0. The van der Waals surface area contributed by atoms with E-state index in [2.05, 4.69) is 0 Å². The predicted octanol–water partition coefficient (Wildman–Crippen LogP) is -1.22. The molecule has 0 fully saturated rings. The second-order valence-electron chi connectivity index (χ2n) is 0. The van der Waals surface area contributed by atoms with Crippen molar-refractivity contribution in [2.24, 2.45) is 0 Å². The fourth-order valence-electron chi connectivity index (χ4n) is 0. The first kappa shape index (κ1) is 51.6. The molecular weight excluding hydrogens is 194 g/mol. The van der Waals surface area contributed by atoms with Gasteiger partial charge in [-0.15, -0.1) is 37.2 Å². The monoisotopic (exact) mass is 200 g/mol. The van der Waals surface area contributed by atoms with Gasteiger partial charge in [-0.25, -0.2) is 0 Å². The van der Waals surface area contributed by atoms with Crippen LogP contribution in [0.15, 0.2) is 0 Å². The Morgan fingerprint density at radius 2 is 0.667 bits per heavy atom. The molecule has 6 heavy (non-hydrogen) atoms. The second-order valence-corrected chi connectivity index (χ2v) is 0. The molecule has 0 aromatic heterocycles. The quantitative estimate of drug-likeness (QED) is 0.432. The van der Waals surface area contributed by atoms with E-state index in [4.69, 9.17) is 0 Å². The second kappa shape index (κ2) is 36.5. The van der Waals surface area contributed by atoms with Crippen LogP contribution in [0.25, 0.3) is 0 Å². The van der Waals surface area contributed by atoms with E-state index >= 15 is 0 Å². The van der Waals surface area contributed by atoms with Gasteiger partial charge in [-0.05, 0) is 0 Å². The van der Waals surface area contributed by atoms with Crippen LogP contribution in [0.2, 0.25) is 0 Å². The molecule has 0 unspecified atom stereocenters. The van der Waals surface area contributed by atoms with Crippen LogP contribution in [0.3, 0.4) is 0 Å². The molecule has 0 saturated heterocycles. The van der Waals surface area contributed by atoms with E-state index in [1.807, 2.05) is 0 Å². The van der Waals surface area contributed by atoms with Gasteiger partial charge in [-0.3, -0.25) is 0 Å². The van der Waals surface area contributed by atoms with E-state index in [1.54, 1.807) is 0 Å². The van der Waals surface area contributed by atoms with Crippen molar-refractivity contribution in [3.8, 4) is 0 Å². The van der Waals surface area contributed by atoms with Crippen LogP contribution in [-0.4, -0.2) is 90.3 Å². The fraction of sp³-hybridized carbons (Fsp3) is 0. The molecule has 0 aromatic rings. The van der Waals surface area contributed by atoms with Gasteiger partial charge >= 0.3 is 90.3 Å². The Morgan fingerprint density at radius 3 is 0.667 bits per heavy atom. The zero-order valence-corrected chi connectivity index (χ0v) is 3.67. The summed E-state index contributed by atoms with van der Waals surface area (Å²) >= 11 is 0. The number of hydrogen-bond acceptors (Lipinski definition) is 0. The third-order valence-electron chi connectivity index (χ3n) is 0. The zero-order chi connectivity index (χ0) is 0. The summed E-state index contributed by atoms with van der Waals surface area (Å²) in [6, 6.07) is 0. The normalized spacial score (nSPS) is 0. The Hall–Kier alpha value is 3.90. The van der Waals surface area contributed by atoms with E-state index in [9.17, 15) is 0 Å². The zero-order valence-electron chi connectivity index (χ0n) is 1.22. The molecule has 0 heterocycles. The van der Waals surface area contributed by atoms with Gasteiger partial charge in [-0.2, -0.15) is 0 Å². The molecule has 0 amide bonds. The SMILES string of the molecule is Cl.Cl.Cl.[CaH2].[MgH2].[NaH]. The summed E-state index contributed by atoms with van der Waals surface area (Å²) in [7, 11) is 0. The maximum absolute atomic E-state index is 0. The summed E-state index contributed by atoms with van der Waals surface area (Å²) in [5.74, 6) is 0. The molecule has 0 aliphatic heterocycles. The van der Waals surface area contributed by atoms with Crippen molar-refractivity contribution >= 4 is 128 Å². The van der Waals surface area contributed by atoms with Gasteiger partial charge in [0.05, 0.1) is 0 Å². The molecule has 6 heteroatoms. The van der Waals surface area contributed by atoms with Crippen LogP contribution in [-0.2, 0) is 0 Å². The Bertz CT molecular complexity index is 10.8. The Kier molecular flexibility index (Phi) is 314. The minimum absolute atomic E-state index is 0. The van der Waals surface area contributed by atoms with Crippen molar-refractivity contribution in [3.63, 3.8) is 0 Å². The number of hydrogen-bond donors (Lipinski definition) is 0. The topological polar surface area (TPSA) is 0 Å². The molecule has 34 valence electrons. The number of rotatable bonds is 0. The minimum atomic E-state index is 0. The third-order valence-corrected chi connectivity index (χ3v) is 0.